The van der Waals surface area contributed by atoms with Gasteiger partial charge in [0, 0.05) is 16.5 Å². The maximum atomic E-state index is 13.5. The number of aromatic nitrogens is 1. The Hall–Kier alpha value is -2.71. The number of para-hydroxylation sites is 1. The van der Waals surface area contributed by atoms with E-state index in [4.69, 9.17) is 0 Å². The molecule has 4 aromatic rings. The Balaban J connectivity index is 1.87. The molecule has 0 aliphatic carbocycles. The lowest BCUT2D eigenvalue weighted by Crippen LogP contribution is -2.12. The van der Waals surface area contributed by atoms with Gasteiger partial charge in [0.05, 0.1) is 16.3 Å². The number of halogens is 3. The maximum Gasteiger partial charge on any atom is 0.418 e. The normalized spacial score (nSPS) is 12.6. The van der Waals surface area contributed by atoms with Crippen LogP contribution in [0.5, 0.6) is 0 Å². The molecule has 0 spiro atoms. The van der Waals surface area contributed by atoms with Crippen molar-refractivity contribution in [2.75, 3.05) is 0 Å². The van der Waals surface area contributed by atoms with Crippen molar-refractivity contribution in [2.24, 2.45) is 0 Å². The molecule has 2 aromatic heterocycles. The zero-order valence-electron chi connectivity index (χ0n) is 17.6. The van der Waals surface area contributed by atoms with Crippen LogP contribution in [0.15, 0.2) is 65.0 Å². The van der Waals surface area contributed by atoms with Gasteiger partial charge in [-0.1, -0.05) is 30.3 Å². The zero-order valence-corrected chi connectivity index (χ0v) is 19.2. The highest BCUT2D eigenvalue weighted by Crippen LogP contribution is 2.40. The fourth-order valence-corrected chi connectivity index (χ4v) is 6.39. The Labute approximate surface area is 188 Å². The largest absolute Gasteiger partial charge is 0.418 e. The minimum Gasteiger partial charge on any atom is -0.255 e. The van der Waals surface area contributed by atoms with Gasteiger partial charge in [0.2, 0.25) is 0 Å². The average molecular weight is 476 g/mol. The van der Waals surface area contributed by atoms with Gasteiger partial charge < -0.3 is 0 Å². The highest BCUT2D eigenvalue weighted by atomic mass is 32.2. The van der Waals surface area contributed by atoms with Crippen LogP contribution in [0.1, 0.15) is 25.0 Å². The Kier molecular flexibility index (Phi) is 5.63. The quantitative estimate of drug-likeness (QED) is 0.315. The molecule has 0 radical (unpaired) electrons. The minimum atomic E-state index is -4.50. The van der Waals surface area contributed by atoms with Gasteiger partial charge in [-0.3, -0.25) is 4.98 Å². The van der Waals surface area contributed by atoms with E-state index in [1.54, 1.807) is 32.0 Å². The number of pyridine rings is 1. The van der Waals surface area contributed by atoms with Crippen molar-refractivity contribution >= 4 is 32.1 Å². The van der Waals surface area contributed by atoms with E-state index in [1.165, 1.54) is 23.6 Å². The maximum absolute atomic E-state index is 13.5. The van der Waals surface area contributed by atoms with E-state index in [9.17, 15) is 21.6 Å². The van der Waals surface area contributed by atoms with Crippen LogP contribution in [0.4, 0.5) is 13.2 Å². The topological polar surface area (TPSA) is 47.0 Å². The molecule has 0 fully saturated rings. The summed E-state index contributed by atoms with van der Waals surface area (Å²) in [7, 11) is -3.38. The van der Waals surface area contributed by atoms with Crippen LogP contribution in [-0.2, 0) is 16.0 Å². The summed E-state index contributed by atoms with van der Waals surface area (Å²) in [6.07, 6.45) is -3.05. The van der Waals surface area contributed by atoms with Crippen molar-refractivity contribution < 1.29 is 21.6 Å². The summed E-state index contributed by atoms with van der Waals surface area (Å²) in [6.45, 7) is 5.09. The first-order chi connectivity index (χ1) is 15.0. The van der Waals surface area contributed by atoms with Gasteiger partial charge in [0.15, 0.2) is 9.84 Å². The molecule has 0 aliphatic heterocycles. The Morgan fingerprint density at radius 2 is 1.66 bits per heavy atom. The zero-order chi connectivity index (χ0) is 23.3. The van der Waals surface area contributed by atoms with E-state index < -0.39 is 26.8 Å². The van der Waals surface area contributed by atoms with Crippen molar-refractivity contribution in [1.82, 2.24) is 4.98 Å². The first-order valence-corrected chi connectivity index (χ1v) is 12.3. The number of rotatable bonds is 4. The number of alkyl halides is 3. The van der Waals surface area contributed by atoms with Gasteiger partial charge in [0.1, 0.15) is 4.21 Å². The number of aryl methyl sites for hydroxylation is 1. The van der Waals surface area contributed by atoms with Crippen LogP contribution in [-0.4, -0.2) is 18.7 Å². The Morgan fingerprint density at radius 1 is 0.969 bits per heavy atom. The van der Waals surface area contributed by atoms with Crippen molar-refractivity contribution in [3.8, 4) is 21.6 Å². The molecule has 0 amide bonds. The molecule has 166 valence electrons. The van der Waals surface area contributed by atoms with E-state index in [2.05, 4.69) is 4.98 Å². The lowest BCUT2D eigenvalue weighted by molar-refractivity contribution is -0.136. The Bertz CT molecular complexity index is 1420. The molecule has 2 aromatic carbocycles. The molecule has 32 heavy (non-hydrogen) atoms. The van der Waals surface area contributed by atoms with Gasteiger partial charge >= 0.3 is 6.18 Å². The molecule has 0 aliphatic rings. The molecule has 0 N–H and O–H groups in total. The number of fused-ring (bicyclic) bond motifs is 1. The van der Waals surface area contributed by atoms with Crippen molar-refractivity contribution in [1.29, 1.82) is 0 Å². The molecule has 0 bridgehead atoms. The van der Waals surface area contributed by atoms with Crippen molar-refractivity contribution in [2.45, 2.75) is 36.4 Å². The average Bonchev–Trinajstić information content (AvgIpc) is 3.23. The van der Waals surface area contributed by atoms with E-state index >= 15 is 0 Å². The SMILES string of the molecule is Cc1cnc2c(C(F)(F)F)cccc2c1-c1cccc(-c2ccc(S(=O)(=O)C(C)C)s2)c1. The van der Waals surface area contributed by atoms with Gasteiger partial charge in [0.25, 0.3) is 0 Å². The summed E-state index contributed by atoms with van der Waals surface area (Å²) in [5, 5.41) is -0.0970. The molecule has 2 heterocycles. The number of nitrogens with zero attached hydrogens (tertiary/aromatic N) is 1. The standard InChI is InChI=1S/C24H20F3NO2S2/c1-14(2)32(29,30)21-11-10-20(31-21)16-6-4-7-17(12-16)22-15(3)13-28-23-18(22)8-5-9-19(23)24(25,26)27/h4-14H,1-3H3. The lowest BCUT2D eigenvalue weighted by Gasteiger charge is -2.15. The molecule has 3 nitrogen and oxygen atoms in total. The lowest BCUT2D eigenvalue weighted by atomic mass is 9.94. The molecular weight excluding hydrogens is 455 g/mol. The Morgan fingerprint density at radius 3 is 2.34 bits per heavy atom. The summed E-state index contributed by atoms with van der Waals surface area (Å²) in [4.78, 5) is 4.85. The fraction of sp³-hybridized carbons (Fsp3) is 0.208. The smallest absolute Gasteiger partial charge is 0.255 e. The summed E-state index contributed by atoms with van der Waals surface area (Å²) < 4.78 is 65.8. The summed E-state index contributed by atoms with van der Waals surface area (Å²) >= 11 is 1.19. The van der Waals surface area contributed by atoms with Gasteiger partial charge in [-0.05, 0) is 67.3 Å². The molecule has 0 unspecified atom stereocenters. The number of hydrogen-bond donors (Lipinski definition) is 0. The van der Waals surface area contributed by atoms with E-state index in [-0.39, 0.29) is 5.52 Å². The molecule has 0 saturated carbocycles. The van der Waals surface area contributed by atoms with Crippen LogP contribution in [0.2, 0.25) is 0 Å². The number of hydrogen-bond acceptors (Lipinski definition) is 4. The molecule has 8 heteroatoms. The van der Waals surface area contributed by atoms with E-state index in [0.29, 0.717) is 15.2 Å². The predicted octanol–water partition coefficient (Wildman–Crippen LogP) is 7.14. The first kappa shape index (κ1) is 22.5. The number of benzene rings is 2. The van der Waals surface area contributed by atoms with Crippen molar-refractivity contribution in [3.63, 3.8) is 0 Å². The van der Waals surface area contributed by atoms with Gasteiger partial charge in [-0.2, -0.15) is 13.2 Å². The number of thiophene rings is 1. The third kappa shape index (κ3) is 3.93. The van der Waals surface area contributed by atoms with Crippen LogP contribution in [0.25, 0.3) is 32.5 Å². The molecular formula is C24H20F3NO2S2. The third-order valence-electron chi connectivity index (χ3n) is 5.31. The molecule has 0 atom stereocenters. The molecule has 0 saturated heterocycles. The van der Waals surface area contributed by atoms with Gasteiger partial charge in [-0.15, -0.1) is 11.3 Å². The first-order valence-electron chi connectivity index (χ1n) is 9.90. The van der Waals surface area contributed by atoms with Crippen LogP contribution in [0, 0.1) is 6.92 Å². The van der Waals surface area contributed by atoms with E-state index in [1.807, 2.05) is 31.2 Å². The fourth-order valence-electron chi connectivity index (χ4n) is 3.62. The second-order valence-electron chi connectivity index (χ2n) is 7.81. The van der Waals surface area contributed by atoms with Crippen LogP contribution >= 0.6 is 11.3 Å². The summed E-state index contributed by atoms with van der Waals surface area (Å²) in [5.74, 6) is 0. The highest BCUT2D eigenvalue weighted by Gasteiger charge is 2.33. The summed E-state index contributed by atoms with van der Waals surface area (Å²) in [5.41, 5.74) is 2.11. The summed E-state index contributed by atoms with van der Waals surface area (Å²) in [6, 6.07) is 14.8. The minimum absolute atomic E-state index is 0.0903. The van der Waals surface area contributed by atoms with Crippen molar-refractivity contribution in [3.05, 3.63) is 71.9 Å². The van der Waals surface area contributed by atoms with Gasteiger partial charge in [-0.25, -0.2) is 8.42 Å². The third-order valence-corrected chi connectivity index (χ3v) is 9.12. The predicted molar refractivity (Wildman–Crippen MR) is 123 cm³/mol. The molecule has 4 rings (SSSR count). The van der Waals surface area contributed by atoms with E-state index in [0.717, 1.165) is 27.6 Å². The van der Waals surface area contributed by atoms with Crippen LogP contribution < -0.4 is 0 Å². The second kappa shape index (κ2) is 8.01. The second-order valence-corrected chi connectivity index (χ2v) is 11.6. The number of sulfone groups is 1. The van der Waals surface area contributed by atoms with Crippen LogP contribution in [0.3, 0.4) is 0 Å². The monoisotopic (exact) mass is 475 g/mol. The highest BCUT2D eigenvalue weighted by molar-refractivity contribution is 7.94.